The Bertz CT molecular complexity index is 1310. The Morgan fingerprint density at radius 1 is 1.13 bits per heavy atom. The number of carbonyl (C=O) groups is 1. The number of thioether (sulfide) groups is 1. The number of hydrogen-bond donors (Lipinski definition) is 1. The van der Waals surface area contributed by atoms with Gasteiger partial charge in [0.05, 0.1) is 10.6 Å². The third-order valence-electron chi connectivity index (χ3n) is 5.11. The van der Waals surface area contributed by atoms with Crippen molar-refractivity contribution in [3.05, 3.63) is 77.0 Å². The van der Waals surface area contributed by atoms with E-state index in [0.29, 0.717) is 5.17 Å². The van der Waals surface area contributed by atoms with Crippen molar-refractivity contribution < 1.29 is 4.79 Å². The minimum Gasteiger partial charge on any atom is -0.342 e. The summed E-state index contributed by atoms with van der Waals surface area (Å²) in [6, 6.07) is 16.5. The third-order valence-corrected chi connectivity index (χ3v) is 5.93. The zero-order valence-corrected chi connectivity index (χ0v) is 17.4. The van der Waals surface area contributed by atoms with Gasteiger partial charge in [0, 0.05) is 29.2 Å². The number of rotatable bonds is 3. The molecule has 1 N–H and O–H groups in total. The van der Waals surface area contributed by atoms with Gasteiger partial charge in [0.1, 0.15) is 0 Å². The Hall–Kier alpha value is -3.45. The average molecular weight is 414 g/mol. The molecule has 0 fully saturated rings. The second kappa shape index (κ2) is 7.11. The number of hydrazone groups is 1. The first-order chi connectivity index (χ1) is 14.5. The van der Waals surface area contributed by atoms with Gasteiger partial charge >= 0.3 is 0 Å². The molecule has 3 heterocycles. The highest BCUT2D eigenvalue weighted by Gasteiger charge is 2.34. The second-order valence-corrected chi connectivity index (χ2v) is 8.52. The minimum absolute atomic E-state index is 0.0601. The van der Waals surface area contributed by atoms with Crippen molar-refractivity contribution in [1.29, 1.82) is 5.41 Å². The number of aliphatic imine (C=N–C) groups is 1. The summed E-state index contributed by atoms with van der Waals surface area (Å²) in [5.41, 5.74) is 4.65. The molecule has 0 atom stereocenters. The van der Waals surface area contributed by atoms with Crippen molar-refractivity contribution in [3.8, 4) is 0 Å². The van der Waals surface area contributed by atoms with E-state index in [2.05, 4.69) is 51.9 Å². The second-order valence-electron chi connectivity index (χ2n) is 7.36. The Labute approximate surface area is 178 Å². The Kier molecular flexibility index (Phi) is 4.40. The van der Waals surface area contributed by atoms with Crippen LogP contribution in [0.25, 0.3) is 17.0 Å². The highest BCUT2D eigenvalue weighted by atomic mass is 32.2. The lowest BCUT2D eigenvalue weighted by Gasteiger charge is -2.20. The van der Waals surface area contributed by atoms with Crippen LogP contribution in [0.1, 0.15) is 23.6 Å². The lowest BCUT2D eigenvalue weighted by atomic mass is 10.1. The van der Waals surface area contributed by atoms with Crippen molar-refractivity contribution in [3.63, 3.8) is 0 Å². The van der Waals surface area contributed by atoms with Crippen LogP contribution in [-0.4, -0.2) is 31.5 Å². The van der Waals surface area contributed by atoms with Crippen molar-refractivity contribution >= 4 is 50.7 Å². The SMILES string of the molecule is CC1=NN2C(=N)/C(=C\c3cn(Cc4cccc(C)c4)c4ccccc34)C(=O)N=C2S1. The number of amides is 1. The molecule has 0 radical (unpaired) electrons. The zero-order chi connectivity index (χ0) is 20.8. The van der Waals surface area contributed by atoms with Crippen LogP contribution in [0.3, 0.4) is 0 Å². The van der Waals surface area contributed by atoms with Gasteiger partial charge in [-0.25, -0.2) is 0 Å². The maximum atomic E-state index is 12.6. The van der Waals surface area contributed by atoms with Gasteiger partial charge in [-0.05, 0) is 43.3 Å². The molecule has 0 saturated carbocycles. The van der Waals surface area contributed by atoms with Crippen LogP contribution in [0.15, 0.2) is 70.4 Å². The molecule has 6 nitrogen and oxygen atoms in total. The van der Waals surface area contributed by atoms with Crippen molar-refractivity contribution in [2.75, 3.05) is 0 Å². The number of carbonyl (C=O) groups excluding carboxylic acids is 1. The number of benzene rings is 2. The van der Waals surface area contributed by atoms with Crippen LogP contribution in [0.4, 0.5) is 0 Å². The van der Waals surface area contributed by atoms with Gasteiger partial charge in [0.15, 0.2) is 5.84 Å². The van der Waals surface area contributed by atoms with Crippen LogP contribution >= 0.6 is 11.8 Å². The Balaban J connectivity index is 1.58. The number of fused-ring (bicyclic) bond motifs is 2. The molecule has 1 aromatic heterocycles. The zero-order valence-electron chi connectivity index (χ0n) is 16.6. The predicted octanol–water partition coefficient (Wildman–Crippen LogP) is 4.64. The number of para-hydroxylation sites is 1. The highest BCUT2D eigenvalue weighted by molar-refractivity contribution is 8.26. The number of aromatic nitrogens is 1. The van der Waals surface area contributed by atoms with Gasteiger partial charge in [0.2, 0.25) is 5.17 Å². The molecule has 1 amide bonds. The average Bonchev–Trinajstić information content (AvgIpc) is 3.25. The number of aryl methyl sites for hydroxylation is 1. The van der Waals surface area contributed by atoms with Crippen LogP contribution in [0.5, 0.6) is 0 Å². The van der Waals surface area contributed by atoms with Crippen LogP contribution in [0.2, 0.25) is 0 Å². The van der Waals surface area contributed by atoms with Crippen molar-refractivity contribution in [2.24, 2.45) is 10.1 Å². The molecule has 30 heavy (non-hydrogen) atoms. The molecule has 0 aliphatic carbocycles. The molecule has 0 saturated heterocycles. The van der Waals surface area contributed by atoms with Crippen LogP contribution in [-0.2, 0) is 11.3 Å². The monoisotopic (exact) mass is 413 g/mol. The first-order valence-electron chi connectivity index (χ1n) is 9.60. The summed E-state index contributed by atoms with van der Waals surface area (Å²) in [4.78, 5) is 16.8. The van der Waals surface area contributed by atoms with Gasteiger partial charge < -0.3 is 4.57 Å². The normalized spacial score (nSPS) is 17.5. The van der Waals surface area contributed by atoms with Crippen LogP contribution < -0.4 is 0 Å². The number of amidine groups is 2. The standard InChI is InChI=1S/C23H19N5OS/c1-14-6-5-7-16(10-14)12-27-13-17(18-8-3-4-9-20(18)27)11-19-21(24)28-23(25-22(19)29)30-15(2)26-28/h3-11,13,24H,12H2,1-2H3/b19-11+,24-21?. The van der Waals surface area contributed by atoms with Gasteiger partial charge in [-0.15, -0.1) is 0 Å². The van der Waals surface area contributed by atoms with Crippen molar-refractivity contribution in [2.45, 2.75) is 20.4 Å². The molecule has 2 aliphatic heterocycles. The van der Waals surface area contributed by atoms with E-state index in [4.69, 9.17) is 5.41 Å². The summed E-state index contributed by atoms with van der Waals surface area (Å²) in [6.45, 7) is 4.65. The maximum Gasteiger partial charge on any atom is 0.283 e. The van der Waals surface area contributed by atoms with E-state index in [1.54, 1.807) is 6.08 Å². The summed E-state index contributed by atoms with van der Waals surface area (Å²) in [5.74, 6) is -0.343. The largest absolute Gasteiger partial charge is 0.342 e. The molecule has 0 spiro atoms. The summed E-state index contributed by atoms with van der Waals surface area (Å²) >= 11 is 1.31. The van der Waals surface area contributed by atoms with E-state index < -0.39 is 5.91 Å². The Morgan fingerprint density at radius 2 is 1.97 bits per heavy atom. The molecule has 3 aromatic rings. The lowest BCUT2D eigenvalue weighted by molar-refractivity contribution is -0.114. The van der Waals surface area contributed by atoms with Gasteiger partial charge in [0.25, 0.3) is 5.91 Å². The molecule has 2 aromatic carbocycles. The summed E-state index contributed by atoms with van der Waals surface area (Å²) in [7, 11) is 0. The predicted molar refractivity (Wildman–Crippen MR) is 123 cm³/mol. The molecule has 2 aliphatic rings. The van der Waals surface area contributed by atoms with E-state index in [1.165, 1.54) is 27.9 Å². The maximum absolute atomic E-state index is 12.6. The van der Waals surface area contributed by atoms with E-state index in [-0.39, 0.29) is 11.4 Å². The fourth-order valence-corrected chi connectivity index (χ4v) is 4.51. The van der Waals surface area contributed by atoms with Gasteiger partial charge in [-0.2, -0.15) is 15.1 Å². The molecular weight excluding hydrogens is 394 g/mol. The molecule has 5 rings (SSSR count). The van der Waals surface area contributed by atoms with E-state index in [9.17, 15) is 4.79 Å². The lowest BCUT2D eigenvalue weighted by Crippen LogP contribution is -2.35. The molecular formula is C23H19N5OS. The van der Waals surface area contributed by atoms with E-state index in [1.807, 2.05) is 31.3 Å². The Morgan fingerprint density at radius 3 is 2.80 bits per heavy atom. The highest BCUT2D eigenvalue weighted by Crippen LogP contribution is 2.30. The minimum atomic E-state index is -0.404. The van der Waals surface area contributed by atoms with Gasteiger partial charge in [-0.3, -0.25) is 10.2 Å². The van der Waals surface area contributed by atoms with E-state index in [0.717, 1.165) is 28.1 Å². The number of nitrogens with zero attached hydrogens (tertiary/aromatic N) is 4. The van der Waals surface area contributed by atoms with Gasteiger partial charge in [-0.1, -0.05) is 48.0 Å². The first kappa shape index (κ1) is 18.6. The smallest absolute Gasteiger partial charge is 0.283 e. The quantitative estimate of drug-likeness (QED) is 0.636. The third kappa shape index (κ3) is 3.17. The molecule has 0 bridgehead atoms. The molecule has 148 valence electrons. The number of nitrogens with one attached hydrogen (secondary N) is 1. The molecule has 7 heteroatoms. The first-order valence-corrected chi connectivity index (χ1v) is 10.4. The van der Waals surface area contributed by atoms with Crippen LogP contribution in [0, 0.1) is 12.3 Å². The number of hydrogen-bond acceptors (Lipinski definition) is 4. The summed E-state index contributed by atoms with van der Waals surface area (Å²) in [5, 5.41) is 16.5. The fraction of sp³-hybridized carbons (Fsp3) is 0.130. The fourth-order valence-electron chi connectivity index (χ4n) is 3.77. The van der Waals surface area contributed by atoms with Crippen molar-refractivity contribution in [1.82, 2.24) is 9.58 Å². The molecule has 0 unspecified atom stereocenters. The summed E-state index contributed by atoms with van der Waals surface area (Å²) < 4.78 is 2.18. The topological polar surface area (TPSA) is 73.8 Å². The summed E-state index contributed by atoms with van der Waals surface area (Å²) in [6.07, 6.45) is 3.79. The van der Waals surface area contributed by atoms with E-state index >= 15 is 0 Å².